The summed E-state index contributed by atoms with van der Waals surface area (Å²) >= 11 is 1.90. The third kappa shape index (κ3) is 2.87. The summed E-state index contributed by atoms with van der Waals surface area (Å²) in [5, 5.41) is 9.52. The Hall–Kier alpha value is -1.00. The first-order valence-corrected chi connectivity index (χ1v) is 7.37. The van der Waals surface area contributed by atoms with Crippen molar-refractivity contribution >= 4 is 17.7 Å². The highest BCUT2D eigenvalue weighted by Crippen LogP contribution is 2.27. The lowest BCUT2D eigenvalue weighted by Gasteiger charge is -2.32. The molecule has 1 heterocycles. The molecule has 18 heavy (non-hydrogen) atoms. The highest BCUT2D eigenvalue weighted by Gasteiger charge is 2.29. The SMILES string of the molecule is Cc1ccc(C(C(=O)O)N2CCSCC2)c(C)c1. The van der Waals surface area contributed by atoms with Gasteiger partial charge in [-0.25, -0.2) is 0 Å². The molecule has 1 aliphatic heterocycles. The molecule has 0 aromatic heterocycles. The molecule has 0 saturated carbocycles. The monoisotopic (exact) mass is 265 g/mol. The summed E-state index contributed by atoms with van der Waals surface area (Å²) in [7, 11) is 0. The van der Waals surface area contributed by atoms with Crippen molar-refractivity contribution in [2.45, 2.75) is 19.9 Å². The minimum atomic E-state index is -0.742. The lowest BCUT2D eigenvalue weighted by molar-refractivity contribution is -0.143. The Morgan fingerprint density at radius 3 is 2.56 bits per heavy atom. The first-order valence-electron chi connectivity index (χ1n) is 6.21. The number of carbonyl (C=O) groups is 1. The van der Waals surface area contributed by atoms with Gasteiger partial charge < -0.3 is 5.11 Å². The first-order chi connectivity index (χ1) is 8.59. The second kappa shape index (κ2) is 5.76. The molecule has 1 aromatic rings. The quantitative estimate of drug-likeness (QED) is 0.911. The summed E-state index contributed by atoms with van der Waals surface area (Å²) in [6.45, 7) is 5.74. The maximum Gasteiger partial charge on any atom is 0.325 e. The lowest BCUT2D eigenvalue weighted by Crippen LogP contribution is -2.40. The molecule has 2 rings (SSSR count). The van der Waals surface area contributed by atoms with Crippen molar-refractivity contribution in [2.24, 2.45) is 0 Å². The van der Waals surface area contributed by atoms with Gasteiger partial charge in [-0.15, -0.1) is 0 Å². The van der Waals surface area contributed by atoms with Crippen LogP contribution in [0, 0.1) is 13.8 Å². The Morgan fingerprint density at radius 2 is 2.00 bits per heavy atom. The van der Waals surface area contributed by atoms with E-state index in [4.69, 9.17) is 0 Å². The molecule has 1 saturated heterocycles. The number of carboxylic acid groups (broad SMARTS) is 1. The zero-order chi connectivity index (χ0) is 13.1. The van der Waals surface area contributed by atoms with Gasteiger partial charge in [-0.3, -0.25) is 9.69 Å². The largest absolute Gasteiger partial charge is 0.480 e. The Bertz CT molecular complexity index is 441. The molecule has 1 N–H and O–H groups in total. The summed E-state index contributed by atoms with van der Waals surface area (Å²) in [5.74, 6) is 1.30. The van der Waals surface area contributed by atoms with E-state index in [1.165, 1.54) is 5.56 Å². The highest BCUT2D eigenvalue weighted by molar-refractivity contribution is 7.99. The zero-order valence-corrected chi connectivity index (χ0v) is 11.7. The van der Waals surface area contributed by atoms with E-state index in [2.05, 4.69) is 11.0 Å². The molecule has 0 spiro atoms. The van der Waals surface area contributed by atoms with Crippen LogP contribution in [0.15, 0.2) is 18.2 Å². The molecule has 1 unspecified atom stereocenters. The van der Waals surface area contributed by atoms with Crippen molar-refractivity contribution in [1.82, 2.24) is 4.90 Å². The maximum atomic E-state index is 11.6. The van der Waals surface area contributed by atoms with Crippen LogP contribution in [0.4, 0.5) is 0 Å². The summed E-state index contributed by atoms with van der Waals surface area (Å²) in [4.78, 5) is 13.7. The van der Waals surface area contributed by atoms with E-state index in [-0.39, 0.29) is 0 Å². The van der Waals surface area contributed by atoms with Crippen LogP contribution < -0.4 is 0 Å². The minimum absolute atomic E-state index is 0.494. The molecule has 4 heteroatoms. The molecule has 0 radical (unpaired) electrons. The van der Waals surface area contributed by atoms with E-state index in [9.17, 15) is 9.90 Å². The van der Waals surface area contributed by atoms with Gasteiger partial charge in [0.15, 0.2) is 0 Å². The van der Waals surface area contributed by atoms with Gasteiger partial charge in [0.2, 0.25) is 0 Å². The fraction of sp³-hybridized carbons (Fsp3) is 0.500. The molecule has 1 aromatic carbocycles. The van der Waals surface area contributed by atoms with Crippen LogP contribution in [0.5, 0.6) is 0 Å². The fourth-order valence-electron chi connectivity index (χ4n) is 2.45. The van der Waals surface area contributed by atoms with Crippen LogP contribution in [-0.4, -0.2) is 40.6 Å². The van der Waals surface area contributed by atoms with Crippen molar-refractivity contribution < 1.29 is 9.90 Å². The van der Waals surface area contributed by atoms with Crippen LogP contribution in [0.1, 0.15) is 22.7 Å². The normalized spacial score (nSPS) is 18.6. The van der Waals surface area contributed by atoms with E-state index in [0.29, 0.717) is 0 Å². The van der Waals surface area contributed by atoms with Gasteiger partial charge in [0, 0.05) is 24.6 Å². The first kappa shape index (κ1) is 13.4. The number of aliphatic carboxylic acids is 1. The molecule has 0 aliphatic carbocycles. The van der Waals surface area contributed by atoms with Crippen molar-refractivity contribution in [3.63, 3.8) is 0 Å². The van der Waals surface area contributed by atoms with Crippen LogP contribution in [0.3, 0.4) is 0 Å². The number of thioether (sulfide) groups is 1. The minimum Gasteiger partial charge on any atom is -0.480 e. The molecule has 0 amide bonds. The molecule has 0 bridgehead atoms. The number of hydrogen-bond acceptors (Lipinski definition) is 3. The van der Waals surface area contributed by atoms with Crippen molar-refractivity contribution in [1.29, 1.82) is 0 Å². The number of carboxylic acids is 1. The predicted molar refractivity (Wildman–Crippen MR) is 75.2 cm³/mol. The Morgan fingerprint density at radius 1 is 1.33 bits per heavy atom. The molecular weight excluding hydrogens is 246 g/mol. The lowest BCUT2D eigenvalue weighted by atomic mass is 9.98. The third-order valence-electron chi connectivity index (χ3n) is 3.36. The molecule has 98 valence electrons. The number of aryl methyl sites for hydroxylation is 2. The number of hydrogen-bond donors (Lipinski definition) is 1. The summed E-state index contributed by atoms with van der Waals surface area (Å²) in [5.41, 5.74) is 3.18. The van der Waals surface area contributed by atoms with Crippen LogP contribution in [0.25, 0.3) is 0 Å². The Kier molecular flexibility index (Phi) is 4.30. The van der Waals surface area contributed by atoms with Crippen molar-refractivity contribution in [2.75, 3.05) is 24.6 Å². The summed E-state index contributed by atoms with van der Waals surface area (Å²) in [6, 6.07) is 5.53. The summed E-state index contributed by atoms with van der Waals surface area (Å²) < 4.78 is 0. The molecule has 1 atom stereocenters. The predicted octanol–water partition coefficient (Wildman–Crippen LogP) is 2.48. The van der Waals surface area contributed by atoms with Gasteiger partial charge in [0.05, 0.1) is 0 Å². The molecule has 3 nitrogen and oxygen atoms in total. The van der Waals surface area contributed by atoms with E-state index >= 15 is 0 Å². The van der Waals surface area contributed by atoms with E-state index < -0.39 is 12.0 Å². The van der Waals surface area contributed by atoms with Gasteiger partial charge in [-0.05, 0) is 25.0 Å². The van der Waals surface area contributed by atoms with E-state index in [1.54, 1.807) is 0 Å². The summed E-state index contributed by atoms with van der Waals surface area (Å²) in [6.07, 6.45) is 0. The second-order valence-corrected chi connectivity index (χ2v) is 5.97. The van der Waals surface area contributed by atoms with Crippen LogP contribution >= 0.6 is 11.8 Å². The molecular formula is C14H19NO2S. The van der Waals surface area contributed by atoms with Crippen LogP contribution in [0.2, 0.25) is 0 Å². The van der Waals surface area contributed by atoms with Crippen LogP contribution in [-0.2, 0) is 4.79 Å². The van der Waals surface area contributed by atoms with Gasteiger partial charge in [0.1, 0.15) is 6.04 Å². The Balaban J connectivity index is 2.31. The number of benzene rings is 1. The highest BCUT2D eigenvalue weighted by atomic mass is 32.2. The van der Waals surface area contributed by atoms with Crippen molar-refractivity contribution in [3.05, 3.63) is 34.9 Å². The van der Waals surface area contributed by atoms with Gasteiger partial charge in [-0.1, -0.05) is 23.8 Å². The smallest absolute Gasteiger partial charge is 0.325 e. The zero-order valence-electron chi connectivity index (χ0n) is 10.8. The van der Waals surface area contributed by atoms with Gasteiger partial charge in [0.25, 0.3) is 0 Å². The van der Waals surface area contributed by atoms with E-state index in [1.807, 2.05) is 37.7 Å². The van der Waals surface area contributed by atoms with E-state index in [0.717, 1.165) is 35.7 Å². The van der Waals surface area contributed by atoms with Gasteiger partial charge >= 0.3 is 5.97 Å². The second-order valence-electron chi connectivity index (χ2n) is 4.75. The van der Waals surface area contributed by atoms with Gasteiger partial charge in [-0.2, -0.15) is 11.8 Å². The topological polar surface area (TPSA) is 40.5 Å². The van der Waals surface area contributed by atoms with Crippen molar-refractivity contribution in [3.8, 4) is 0 Å². The molecule has 1 aliphatic rings. The average Bonchev–Trinajstić information content (AvgIpc) is 2.33. The standard InChI is InChI=1S/C14H19NO2S/c1-10-3-4-12(11(2)9-10)13(14(16)17)15-5-7-18-8-6-15/h3-4,9,13H,5-8H2,1-2H3,(H,16,17). The Labute approximate surface area is 112 Å². The number of rotatable bonds is 3. The maximum absolute atomic E-state index is 11.6. The third-order valence-corrected chi connectivity index (χ3v) is 4.31. The number of nitrogens with zero attached hydrogens (tertiary/aromatic N) is 1. The average molecular weight is 265 g/mol. The molecule has 1 fully saturated rings. The fourth-order valence-corrected chi connectivity index (χ4v) is 3.39.